The van der Waals surface area contributed by atoms with E-state index in [1.54, 1.807) is 36.4 Å². The van der Waals surface area contributed by atoms with Crippen LogP contribution in [-0.2, 0) is 4.79 Å². The van der Waals surface area contributed by atoms with Crippen LogP contribution in [0.25, 0.3) is 0 Å². The van der Waals surface area contributed by atoms with Gasteiger partial charge in [0, 0.05) is 11.1 Å². The minimum Gasteiger partial charge on any atom is -0.493 e. The van der Waals surface area contributed by atoms with E-state index in [2.05, 4.69) is 15.8 Å². The van der Waals surface area contributed by atoms with E-state index in [0.29, 0.717) is 28.4 Å². The maximum Gasteiger partial charge on any atom is 0.251 e. The first kappa shape index (κ1) is 24.3. The Morgan fingerprint density at radius 3 is 2.03 bits per heavy atom. The van der Waals surface area contributed by atoms with Gasteiger partial charge in [-0.1, -0.05) is 48.5 Å². The van der Waals surface area contributed by atoms with E-state index in [9.17, 15) is 9.59 Å². The Morgan fingerprint density at radius 1 is 0.882 bits per heavy atom. The van der Waals surface area contributed by atoms with Gasteiger partial charge in [-0.3, -0.25) is 9.59 Å². The summed E-state index contributed by atoms with van der Waals surface area (Å²) in [6.45, 7) is 0. The molecule has 2 amide bonds. The molecule has 0 radical (unpaired) electrons. The molecule has 0 fully saturated rings. The topological polar surface area (TPSA) is 98.2 Å². The van der Waals surface area contributed by atoms with Gasteiger partial charge in [0.2, 0.25) is 11.7 Å². The average Bonchev–Trinajstić information content (AvgIpc) is 2.88. The molecular formula is C26H27N3O5. The number of methoxy groups -OCH3 is 3. The second kappa shape index (κ2) is 12.1. The highest BCUT2D eigenvalue weighted by Crippen LogP contribution is 2.37. The lowest BCUT2D eigenvalue weighted by Gasteiger charge is -2.18. The van der Waals surface area contributed by atoms with Gasteiger partial charge < -0.3 is 19.5 Å². The van der Waals surface area contributed by atoms with Crippen molar-refractivity contribution < 1.29 is 23.8 Å². The van der Waals surface area contributed by atoms with Crippen LogP contribution < -0.4 is 25.0 Å². The molecule has 0 heterocycles. The van der Waals surface area contributed by atoms with Crippen molar-refractivity contribution in [1.82, 2.24) is 10.7 Å². The van der Waals surface area contributed by atoms with Crippen molar-refractivity contribution in [1.29, 1.82) is 0 Å². The SMILES string of the molecule is COc1cc(/C=N\NC(=O)C[C@@H](NC(=O)c2ccccc2)c2ccccc2)cc(OC)c1OC. The van der Waals surface area contributed by atoms with Crippen LogP contribution >= 0.6 is 0 Å². The number of nitrogens with zero attached hydrogens (tertiary/aromatic N) is 1. The number of hydrazone groups is 1. The predicted molar refractivity (Wildman–Crippen MR) is 130 cm³/mol. The number of benzene rings is 3. The van der Waals surface area contributed by atoms with E-state index in [-0.39, 0.29) is 18.2 Å². The normalized spacial score (nSPS) is 11.5. The van der Waals surface area contributed by atoms with E-state index < -0.39 is 6.04 Å². The highest BCUT2D eigenvalue weighted by molar-refractivity contribution is 5.94. The highest BCUT2D eigenvalue weighted by Gasteiger charge is 2.19. The Morgan fingerprint density at radius 2 is 1.47 bits per heavy atom. The molecule has 0 saturated heterocycles. The molecule has 0 aliphatic heterocycles. The summed E-state index contributed by atoms with van der Waals surface area (Å²) >= 11 is 0. The molecule has 1 atom stereocenters. The van der Waals surface area contributed by atoms with Gasteiger partial charge in [0.05, 0.1) is 40.0 Å². The summed E-state index contributed by atoms with van der Waals surface area (Å²) in [6, 6.07) is 21.1. The van der Waals surface area contributed by atoms with Crippen molar-refractivity contribution >= 4 is 18.0 Å². The van der Waals surface area contributed by atoms with Crippen LogP contribution in [0.1, 0.15) is 33.9 Å². The molecular weight excluding hydrogens is 434 g/mol. The van der Waals surface area contributed by atoms with Gasteiger partial charge in [0.1, 0.15) is 0 Å². The number of ether oxygens (including phenoxy) is 3. The van der Waals surface area contributed by atoms with Gasteiger partial charge in [-0.2, -0.15) is 5.10 Å². The fourth-order valence-corrected chi connectivity index (χ4v) is 3.35. The predicted octanol–water partition coefficient (Wildman–Crippen LogP) is 3.72. The van der Waals surface area contributed by atoms with Crippen LogP contribution in [0.4, 0.5) is 0 Å². The van der Waals surface area contributed by atoms with E-state index >= 15 is 0 Å². The average molecular weight is 462 g/mol. The number of nitrogens with one attached hydrogen (secondary N) is 2. The monoisotopic (exact) mass is 461 g/mol. The molecule has 0 aliphatic rings. The second-order valence-corrected chi connectivity index (χ2v) is 7.26. The maximum atomic E-state index is 12.7. The minimum atomic E-state index is -0.523. The summed E-state index contributed by atoms with van der Waals surface area (Å²) in [7, 11) is 4.56. The molecule has 176 valence electrons. The van der Waals surface area contributed by atoms with Crippen LogP contribution in [0.2, 0.25) is 0 Å². The zero-order valence-corrected chi connectivity index (χ0v) is 19.3. The molecule has 3 rings (SSSR count). The summed E-state index contributed by atoms with van der Waals surface area (Å²) in [5.41, 5.74) is 4.49. The van der Waals surface area contributed by atoms with Crippen molar-refractivity contribution in [3.8, 4) is 17.2 Å². The fourth-order valence-electron chi connectivity index (χ4n) is 3.35. The fraction of sp³-hybridized carbons (Fsp3) is 0.192. The van der Waals surface area contributed by atoms with E-state index in [0.717, 1.165) is 5.56 Å². The Bertz CT molecular complexity index is 1110. The number of rotatable bonds is 10. The van der Waals surface area contributed by atoms with Crippen LogP contribution in [-0.4, -0.2) is 39.4 Å². The number of hydrogen-bond acceptors (Lipinski definition) is 6. The van der Waals surface area contributed by atoms with Gasteiger partial charge in [-0.05, 0) is 29.8 Å². The molecule has 8 nitrogen and oxygen atoms in total. The lowest BCUT2D eigenvalue weighted by atomic mass is 10.0. The Labute approximate surface area is 198 Å². The molecule has 8 heteroatoms. The van der Waals surface area contributed by atoms with Gasteiger partial charge >= 0.3 is 0 Å². The van der Waals surface area contributed by atoms with Crippen LogP contribution in [0.15, 0.2) is 77.9 Å². The Kier molecular flexibility index (Phi) is 8.62. The summed E-state index contributed by atoms with van der Waals surface area (Å²) in [4.78, 5) is 25.3. The molecule has 0 saturated carbocycles. The maximum absolute atomic E-state index is 12.7. The molecule has 34 heavy (non-hydrogen) atoms. The van der Waals surface area contributed by atoms with Crippen molar-refractivity contribution in [2.24, 2.45) is 5.10 Å². The third-order valence-corrected chi connectivity index (χ3v) is 5.02. The van der Waals surface area contributed by atoms with E-state index in [4.69, 9.17) is 14.2 Å². The first-order valence-corrected chi connectivity index (χ1v) is 10.6. The summed E-state index contributed by atoms with van der Waals surface area (Å²) in [5, 5.41) is 6.98. The van der Waals surface area contributed by atoms with Crippen LogP contribution in [0.3, 0.4) is 0 Å². The first-order chi connectivity index (χ1) is 16.5. The lowest BCUT2D eigenvalue weighted by molar-refractivity contribution is -0.121. The van der Waals surface area contributed by atoms with Gasteiger partial charge in [-0.25, -0.2) is 5.43 Å². The number of carbonyl (C=O) groups is 2. The standard InChI is InChI=1S/C26H27N3O5/c1-32-22-14-18(15-23(33-2)25(22)34-3)17-27-29-24(30)16-21(19-10-6-4-7-11-19)28-26(31)20-12-8-5-9-13-20/h4-15,17,21H,16H2,1-3H3,(H,28,31)(H,29,30)/b27-17-/t21-/m1/s1. The third kappa shape index (κ3) is 6.35. The molecule has 0 spiro atoms. The molecule has 0 unspecified atom stereocenters. The van der Waals surface area contributed by atoms with Crippen LogP contribution in [0.5, 0.6) is 17.2 Å². The first-order valence-electron chi connectivity index (χ1n) is 10.6. The quantitative estimate of drug-likeness (QED) is 0.354. The zero-order chi connectivity index (χ0) is 24.3. The lowest BCUT2D eigenvalue weighted by Crippen LogP contribution is -2.32. The highest BCUT2D eigenvalue weighted by atomic mass is 16.5. The van der Waals surface area contributed by atoms with Crippen molar-refractivity contribution in [2.75, 3.05) is 21.3 Å². The Balaban J connectivity index is 1.70. The zero-order valence-electron chi connectivity index (χ0n) is 19.3. The molecule has 0 aliphatic carbocycles. The largest absolute Gasteiger partial charge is 0.493 e. The van der Waals surface area contributed by atoms with Crippen LogP contribution in [0, 0.1) is 0 Å². The third-order valence-electron chi connectivity index (χ3n) is 5.02. The Hall–Kier alpha value is -4.33. The van der Waals surface area contributed by atoms with E-state index in [1.807, 2.05) is 36.4 Å². The second-order valence-electron chi connectivity index (χ2n) is 7.26. The van der Waals surface area contributed by atoms with Crippen molar-refractivity contribution in [3.05, 3.63) is 89.5 Å². The molecule has 0 bridgehead atoms. The van der Waals surface area contributed by atoms with Crippen molar-refractivity contribution in [3.63, 3.8) is 0 Å². The van der Waals surface area contributed by atoms with Gasteiger partial charge in [0.25, 0.3) is 5.91 Å². The molecule has 2 N–H and O–H groups in total. The molecule has 0 aromatic heterocycles. The smallest absolute Gasteiger partial charge is 0.251 e. The summed E-state index contributed by atoms with van der Waals surface area (Å²) in [6.07, 6.45) is 1.48. The minimum absolute atomic E-state index is 0.00911. The van der Waals surface area contributed by atoms with Gasteiger partial charge in [0.15, 0.2) is 11.5 Å². The van der Waals surface area contributed by atoms with E-state index in [1.165, 1.54) is 27.5 Å². The number of hydrogen-bond donors (Lipinski definition) is 2. The van der Waals surface area contributed by atoms with Gasteiger partial charge in [-0.15, -0.1) is 0 Å². The molecule has 3 aromatic rings. The number of amides is 2. The number of carbonyl (C=O) groups excluding carboxylic acids is 2. The van der Waals surface area contributed by atoms with Crippen molar-refractivity contribution in [2.45, 2.75) is 12.5 Å². The summed E-state index contributed by atoms with van der Waals surface area (Å²) in [5.74, 6) is 0.796. The summed E-state index contributed by atoms with van der Waals surface area (Å²) < 4.78 is 16.0. The molecule has 3 aromatic carbocycles.